The van der Waals surface area contributed by atoms with Gasteiger partial charge in [-0.1, -0.05) is 6.07 Å². The minimum Gasteiger partial charge on any atom is -0.305 e. The molecule has 3 aromatic rings. The van der Waals surface area contributed by atoms with E-state index < -0.39 is 5.91 Å². The summed E-state index contributed by atoms with van der Waals surface area (Å²) in [7, 11) is 0. The molecule has 8 heteroatoms. The van der Waals surface area contributed by atoms with Crippen molar-refractivity contribution >= 4 is 28.9 Å². The Morgan fingerprint density at radius 1 is 1.29 bits per heavy atom. The number of pyridine rings is 2. The molecule has 1 aliphatic carbocycles. The average Bonchev–Trinajstić information content (AvgIpc) is 3.17. The molecule has 1 fully saturated rings. The minimum absolute atomic E-state index is 0.156. The van der Waals surface area contributed by atoms with Crippen LogP contribution in [0.4, 0.5) is 5.82 Å². The normalized spacial score (nSPS) is 19.1. The van der Waals surface area contributed by atoms with Crippen molar-refractivity contribution in [1.29, 1.82) is 5.26 Å². The molecule has 0 atom stereocenters. The smallest absolute Gasteiger partial charge is 0.275 e. The van der Waals surface area contributed by atoms with Gasteiger partial charge >= 0.3 is 0 Å². The summed E-state index contributed by atoms with van der Waals surface area (Å²) in [4.78, 5) is 31.5. The Morgan fingerprint density at radius 2 is 2.11 bits per heavy atom. The average molecular weight is 374 g/mol. The van der Waals surface area contributed by atoms with E-state index >= 15 is 0 Å². The Morgan fingerprint density at radius 3 is 2.86 bits per heavy atom. The zero-order valence-corrected chi connectivity index (χ0v) is 15.1. The van der Waals surface area contributed by atoms with Crippen molar-refractivity contribution < 1.29 is 9.59 Å². The van der Waals surface area contributed by atoms with Crippen LogP contribution in [0, 0.1) is 17.2 Å². The van der Waals surface area contributed by atoms with Gasteiger partial charge < -0.3 is 10.1 Å². The quantitative estimate of drug-likeness (QED) is 0.703. The number of anilines is 1. The molecule has 0 aliphatic heterocycles. The second-order valence-corrected chi connectivity index (χ2v) is 6.92. The summed E-state index contributed by atoms with van der Waals surface area (Å²) in [5.41, 5.74) is 1.09. The van der Waals surface area contributed by atoms with Gasteiger partial charge in [0, 0.05) is 17.5 Å². The molecule has 0 radical (unpaired) electrons. The molecule has 1 amide bonds. The number of carbonyl (C=O) groups is 2. The van der Waals surface area contributed by atoms with Gasteiger partial charge in [0.25, 0.3) is 5.91 Å². The number of nitrogens with zero attached hydrogens (tertiary/aromatic N) is 5. The molecular formula is C20H18N6O2. The Hall–Kier alpha value is -3.60. The van der Waals surface area contributed by atoms with Crippen LogP contribution in [-0.4, -0.2) is 31.9 Å². The van der Waals surface area contributed by atoms with Gasteiger partial charge in [-0.2, -0.15) is 10.4 Å². The third-order valence-corrected chi connectivity index (χ3v) is 5.05. The summed E-state index contributed by atoms with van der Waals surface area (Å²) in [6.07, 6.45) is 8.25. The minimum atomic E-state index is -0.427. The number of aromatic nitrogens is 4. The summed E-state index contributed by atoms with van der Waals surface area (Å²) in [6, 6.07) is 8.65. The van der Waals surface area contributed by atoms with E-state index in [1.165, 1.54) is 6.07 Å². The fraction of sp³-hybridized carbons (Fsp3) is 0.300. The van der Waals surface area contributed by atoms with E-state index in [9.17, 15) is 9.59 Å². The molecule has 1 saturated carbocycles. The van der Waals surface area contributed by atoms with Crippen molar-refractivity contribution in [3.63, 3.8) is 0 Å². The molecule has 0 unspecified atom stereocenters. The Bertz CT molecular complexity index is 1080. The van der Waals surface area contributed by atoms with Crippen LogP contribution in [0.25, 0.3) is 10.9 Å². The van der Waals surface area contributed by atoms with Gasteiger partial charge in [-0.25, -0.2) is 9.97 Å². The van der Waals surface area contributed by atoms with Gasteiger partial charge in [-0.15, -0.1) is 0 Å². The van der Waals surface area contributed by atoms with Crippen LogP contribution in [0.5, 0.6) is 0 Å². The number of nitriles is 1. The van der Waals surface area contributed by atoms with Crippen molar-refractivity contribution in [2.75, 3.05) is 5.32 Å². The summed E-state index contributed by atoms with van der Waals surface area (Å²) < 4.78 is 1.94. The molecule has 3 aromatic heterocycles. The lowest BCUT2D eigenvalue weighted by Crippen LogP contribution is -2.19. The highest BCUT2D eigenvalue weighted by Gasteiger charge is 2.22. The molecule has 140 valence electrons. The van der Waals surface area contributed by atoms with Gasteiger partial charge in [0.05, 0.1) is 12.2 Å². The first-order valence-corrected chi connectivity index (χ1v) is 9.15. The van der Waals surface area contributed by atoms with Gasteiger partial charge in [0.1, 0.15) is 35.1 Å². The topological polar surface area (TPSA) is 114 Å². The number of aldehydes is 1. The molecule has 28 heavy (non-hydrogen) atoms. The summed E-state index contributed by atoms with van der Waals surface area (Å²) >= 11 is 0. The van der Waals surface area contributed by atoms with Crippen LogP contribution in [0.15, 0.2) is 36.7 Å². The van der Waals surface area contributed by atoms with Crippen molar-refractivity contribution in [2.45, 2.75) is 31.7 Å². The van der Waals surface area contributed by atoms with E-state index in [4.69, 9.17) is 5.26 Å². The Balaban J connectivity index is 1.51. The molecule has 0 aromatic carbocycles. The first-order chi connectivity index (χ1) is 13.7. The number of hydrogen-bond acceptors (Lipinski definition) is 6. The molecular weight excluding hydrogens is 356 g/mol. The summed E-state index contributed by atoms with van der Waals surface area (Å²) in [5.74, 6) is 0.132. The standard InChI is InChI=1S/C20H18N6O2/c21-9-15-2-1-3-17(23-15)20(28)24-19-8-14-11-26(25-18(14)10-22-19)16-6-4-13(12-27)5-7-16/h1-3,8,10-13,16H,4-7H2,(H,24,28)/t13-,16-. The van der Waals surface area contributed by atoms with E-state index in [-0.39, 0.29) is 23.3 Å². The van der Waals surface area contributed by atoms with Gasteiger partial charge in [0.15, 0.2) is 0 Å². The number of carbonyl (C=O) groups excluding carboxylic acids is 2. The van der Waals surface area contributed by atoms with Crippen LogP contribution >= 0.6 is 0 Å². The van der Waals surface area contributed by atoms with Crippen LogP contribution < -0.4 is 5.32 Å². The molecule has 1 aliphatic rings. The van der Waals surface area contributed by atoms with Crippen LogP contribution in [0.1, 0.15) is 47.9 Å². The number of nitrogens with one attached hydrogen (secondary N) is 1. The van der Waals surface area contributed by atoms with Crippen molar-refractivity contribution in [3.8, 4) is 6.07 Å². The van der Waals surface area contributed by atoms with Crippen LogP contribution in [-0.2, 0) is 4.79 Å². The highest BCUT2D eigenvalue weighted by atomic mass is 16.2. The fourth-order valence-corrected chi connectivity index (χ4v) is 3.51. The predicted molar refractivity (Wildman–Crippen MR) is 101 cm³/mol. The van der Waals surface area contributed by atoms with E-state index in [1.54, 1.807) is 24.4 Å². The monoisotopic (exact) mass is 374 g/mol. The third-order valence-electron chi connectivity index (χ3n) is 5.05. The lowest BCUT2D eigenvalue weighted by atomic mass is 9.87. The molecule has 3 heterocycles. The van der Waals surface area contributed by atoms with Crippen LogP contribution in [0.3, 0.4) is 0 Å². The Labute approximate surface area is 161 Å². The maximum Gasteiger partial charge on any atom is 0.275 e. The summed E-state index contributed by atoms with van der Waals surface area (Å²) in [6.45, 7) is 0. The zero-order chi connectivity index (χ0) is 19.5. The lowest BCUT2D eigenvalue weighted by molar-refractivity contribution is -0.112. The highest BCUT2D eigenvalue weighted by Crippen LogP contribution is 2.31. The lowest BCUT2D eigenvalue weighted by Gasteiger charge is -2.25. The highest BCUT2D eigenvalue weighted by molar-refractivity contribution is 6.03. The molecule has 4 rings (SSSR count). The number of hydrogen-bond donors (Lipinski definition) is 1. The maximum absolute atomic E-state index is 12.4. The zero-order valence-electron chi connectivity index (χ0n) is 15.1. The van der Waals surface area contributed by atoms with Crippen molar-refractivity contribution in [2.24, 2.45) is 5.92 Å². The number of fused-ring (bicyclic) bond motifs is 1. The van der Waals surface area contributed by atoms with Crippen LogP contribution in [0.2, 0.25) is 0 Å². The van der Waals surface area contributed by atoms with Gasteiger partial charge in [-0.3, -0.25) is 9.48 Å². The first kappa shape index (κ1) is 17.8. The van der Waals surface area contributed by atoms with E-state index in [0.717, 1.165) is 42.9 Å². The molecule has 0 saturated heterocycles. The van der Waals surface area contributed by atoms with Gasteiger partial charge in [0.2, 0.25) is 0 Å². The third kappa shape index (κ3) is 3.60. The van der Waals surface area contributed by atoms with E-state index in [2.05, 4.69) is 20.4 Å². The Kier molecular flexibility index (Phi) is 4.81. The maximum atomic E-state index is 12.4. The largest absolute Gasteiger partial charge is 0.305 e. The fourth-order valence-electron chi connectivity index (χ4n) is 3.51. The number of amides is 1. The molecule has 0 bridgehead atoms. The number of rotatable bonds is 4. The van der Waals surface area contributed by atoms with Crippen molar-refractivity contribution in [1.82, 2.24) is 19.7 Å². The first-order valence-electron chi connectivity index (χ1n) is 9.15. The van der Waals surface area contributed by atoms with E-state index in [0.29, 0.717) is 5.82 Å². The summed E-state index contributed by atoms with van der Waals surface area (Å²) in [5, 5.41) is 17.1. The molecule has 0 spiro atoms. The van der Waals surface area contributed by atoms with Gasteiger partial charge in [-0.05, 0) is 43.9 Å². The second-order valence-electron chi connectivity index (χ2n) is 6.92. The SMILES string of the molecule is N#Cc1cccc(C(=O)Nc2cc3cn([C@H]4CC[C@H](C=O)CC4)nc3cn2)n1. The molecule has 1 N–H and O–H groups in total. The van der Waals surface area contributed by atoms with E-state index in [1.807, 2.05) is 16.9 Å². The predicted octanol–water partition coefficient (Wildman–Crippen LogP) is 2.88. The van der Waals surface area contributed by atoms with Crippen molar-refractivity contribution in [3.05, 3.63) is 48.0 Å². The molecule has 8 nitrogen and oxygen atoms in total. The second kappa shape index (κ2) is 7.56.